The van der Waals surface area contributed by atoms with Gasteiger partial charge in [0.1, 0.15) is 11.9 Å². The molecule has 4 aliphatic rings. The third-order valence-electron chi connectivity index (χ3n) is 14.3. The van der Waals surface area contributed by atoms with Gasteiger partial charge in [0, 0.05) is 44.5 Å². The number of Topliss-reactive ketones (excluding diaryl/α,β-unsaturated/α-hetero) is 1. The van der Waals surface area contributed by atoms with Crippen LogP contribution in [0.3, 0.4) is 0 Å². The largest absolute Gasteiger partial charge is 0.462 e. The molecule has 1 N–H and O–H groups in total. The van der Waals surface area contributed by atoms with Crippen LogP contribution >= 0.6 is 0 Å². The van der Waals surface area contributed by atoms with E-state index in [-0.39, 0.29) is 35.8 Å². The molecule has 0 saturated heterocycles. The van der Waals surface area contributed by atoms with Gasteiger partial charge in [0.2, 0.25) is 0 Å². The van der Waals surface area contributed by atoms with Crippen molar-refractivity contribution < 1.29 is 28.9 Å². The van der Waals surface area contributed by atoms with Gasteiger partial charge in [-0.05, 0) is 133 Å². The van der Waals surface area contributed by atoms with Crippen LogP contribution in [0.4, 0.5) is 0 Å². The molecule has 0 amide bonds. The number of hydrogen-bond acceptors (Lipinski definition) is 7. The SMILES string of the molecule is CCCCCCCOC(CCCN(CCCCO)CCCCCC(=O)OC1CCC2(C)C(=CCC3C4CCC(=O)C4(C)CCC32)C1)OCCCCCCC. The summed E-state index contributed by atoms with van der Waals surface area (Å²) in [5.41, 5.74) is 1.64. The topological polar surface area (TPSA) is 85.3 Å². The minimum atomic E-state index is -0.112. The van der Waals surface area contributed by atoms with Crippen molar-refractivity contribution in [1.29, 1.82) is 0 Å². The summed E-state index contributed by atoms with van der Waals surface area (Å²) in [5, 5.41) is 9.40. The summed E-state index contributed by atoms with van der Waals surface area (Å²) in [6.07, 6.45) is 30.2. The van der Waals surface area contributed by atoms with Gasteiger partial charge in [0.05, 0.1) is 0 Å². The molecule has 7 nitrogen and oxygen atoms in total. The molecule has 0 heterocycles. The Morgan fingerprint density at radius 1 is 0.778 bits per heavy atom. The van der Waals surface area contributed by atoms with Crippen molar-refractivity contribution >= 4 is 11.8 Å². The van der Waals surface area contributed by atoms with E-state index in [4.69, 9.17) is 14.2 Å². The summed E-state index contributed by atoms with van der Waals surface area (Å²) in [6.45, 7) is 14.1. The maximum absolute atomic E-state index is 13.0. The lowest BCUT2D eigenvalue weighted by molar-refractivity contribution is -0.151. The van der Waals surface area contributed by atoms with Gasteiger partial charge in [0.25, 0.3) is 0 Å². The number of rotatable bonds is 29. The normalized spacial score (nSPS) is 27.9. The summed E-state index contributed by atoms with van der Waals surface area (Å²) in [5.74, 6) is 2.34. The highest BCUT2D eigenvalue weighted by Gasteiger charge is 2.58. The molecule has 0 aliphatic heterocycles. The van der Waals surface area contributed by atoms with Crippen LogP contribution < -0.4 is 0 Å². The fourth-order valence-corrected chi connectivity index (χ4v) is 10.8. The standard InChI is InChI=1S/C47H83NO6/c1-5-7-9-11-18-35-52-45(53-36-19-12-10-8-6-2)22-20-33-48(32-16-17-34-49)31-15-13-14-21-44(51)54-39-27-29-46(3)38(37-39)23-24-40-41-25-26-43(50)47(41,4)30-28-42(40)46/h23,39-42,45,49H,5-22,24-37H2,1-4H3. The van der Waals surface area contributed by atoms with Crippen molar-refractivity contribution in [2.24, 2.45) is 28.6 Å². The highest BCUT2D eigenvalue weighted by molar-refractivity contribution is 5.87. The van der Waals surface area contributed by atoms with Gasteiger partial charge in [-0.2, -0.15) is 0 Å². The number of hydrogen-bond donors (Lipinski definition) is 1. The highest BCUT2D eigenvalue weighted by atomic mass is 16.7. The average Bonchev–Trinajstić information content (AvgIpc) is 3.47. The first kappa shape index (κ1) is 45.4. The number of ketones is 1. The molecule has 0 aromatic heterocycles. The Hall–Kier alpha value is -1.28. The monoisotopic (exact) mass is 758 g/mol. The number of carbonyl (C=O) groups is 2. The number of unbranched alkanes of at least 4 members (excludes halogenated alkanes) is 11. The molecule has 312 valence electrons. The summed E-state index contributed by atoms with van der Waals surface area (Å²) in [7, 11) is 0. The van der Waals surface area contributed by atoms with Crippen LogP contribution in [0, 0.1) is 28.6 Å². The van der Waals surface area contributed by atoms with E-state index in [0.717, 1.165) is 136 Å². The van der Waals surface area contributed by atoms with Crippen molar-refractivity contribution in [3.63, 3.8) is 0 Å². The van der Waals surface area contributed by atoms with Gasteiger partial charge in [-0.1, -0.05) is 97.1 Å². The van der Waals surface area contributed by atoms with Crippen molar-refractivity contribution in [1.82, 2.24) is 4.90 Å². The van der Waals surface area contributed by atoms with Crippen LogP contribution in [-0.4, -0.2) is 73.6 Å². The van der Waals surface area contributed by atoms with E-state index in [1.165, 1.54) is 63.4 Å². The van der Waals surface area contributed by atoms with E-state index in [2.05, 4.69) is 38.7 Å². The molecule has 54 heavy (non-hydrogen) atoms. The fourth-order valence-electron chi connectivity index (χ4n) is 10.8. The molecule has 4 aliphatic carbocycles. The molecule has 0 aromatic rings. The molecule has 3 fully saturated rings. The van der Waals surface area contributed by atoms with E-state index in [1.807, 2.05) is 0 Å². The zero-order chi connectivity index (χ0) is 38.7. The third-order valence-corrected chi connectivity index (χ3v) is 14.3. The van der Waals surface area contributed by atoms with Gasteiger partial charge < -0.3 is 24.2 Å². The molecule has 6 unspecified atom stereocenters. The molecule has 0 spiro atoms. The van der Waals surface area contributed by atoms with Crippen molar-refractivity contribution in [2.45, 2.75) is 207 Å². The summed E-state index contributed by atoms with van der Waals surface area (Å²) in [4.78, 5) is 28.3. The first-order valence-corrected chi connectivity index (χ1v) is 23.2. The van der Waals surface area contributed by atoms with Crippen molar-refractivity contribution in [3.05, 3.63) is 11.6 Å². The Morgan fingerprint density at radius 2 is 1.39 bits per heavy atom. The first-order valence-electron chi connectivity index (χ1n) is 23.2. The molecule has 6 atom stereocenters. The molecule has 4 rings (SSSR count). The Bertz CT molecular complexity index is 1090. The van der Waals surface area contributed by atoms with Crippen LogP contribution in [0.5, 0.6) is 0 Å². The number of esters is 1. The van der Waals surface area contributed by atoms with E-state index in [0.29, 0.717) is 30.0 Å². The minimum Gasteiger partial charge on any atom is -0.462 e. The maximum Gasteiger partial charge on any atom is 0.306 e. The number of aliphatic hydroxyl groups excluding tert-OH is 1. The Balaban J connectivity index is 1.14. The highest BCUT2D eigenvalue weighted by Crippen LogP contribution is 2.64. The number of allylic oxidation sites excluding steroid dienone is 1. The predicted molar refractivity (Wildman–Crippen MR) is 220 cm³/mol. The number of carbonyl (C=O) groups excluding carboxylic acids is 2. The second-order valence-corrected chi connectivity index (χ2v) is 18.3. The lowest BCUT2D eigenvalue weighted by atomic mass is 9.48. The van der Waals surface area contributed by atoms with Gasteiger partial charge in [-0.25, -0.2) is 0 Å². The maximum atomic E-state index is 13.0. The van der Waals surface area contributed by atoms with Gasteiger partial charge in [-0.3, -0.25) is 9.59 Å². The first-order chi connectivity index (χ1) is 26.2. The molecule has 3 saturated carbocycles. The van der Waals surface area contributed by atoms with E-state index < -0.39 is 0 Å². The molecular weight excluding hydrogens is 675 g/mol. The average molecular weight is 758 g/mol. The summed E-state index contributed by atoms with van der Waals surface area (Å²) >= 11 is 0. The number of nitrogens with zero attached hydrogens (tertiary/aromatic N) is 1. The van der Waals surface area contributed by atoms with Gasteiger partial charge >= 0.3 is 5.97 Å². The lowest BCUT2D eigenvalue weighted by Gasteiger charge is -2.56. The van der Waals surface area contributed by atoms with Crippen LogP contribution in [0.15, 0.2) is 11.6 Å². The lowest BCUT2D eigenvalue weighted by Crippen LogP contribution is -2.50. The Labute approximate surface area is 331 Å². The molecule has 0 aromatic carbocycles. The fraction of sp³-hybridized carbons (Fsp3) is 0.915. The minimum absolute atomic E-state index is 0.0104. The van der Waals surface area contributed by atoms with Crippen LogP contribution in [-0.2, 0) is 23.8 Å². The molecule has 0 bridgehead atoms. The molecule has 0 radical (unpaired) electrons. The smallest absolute Gasteiger partial charge is 0.306 e. The zero-order valence-electron chi connectivity index (χ0n) is 35.5. The quantitative estimate of drug-likeness (QED) is 0.0352. The van der Waals surface area contributed by atoms with Crippen LogP contribution in [0.25, 0.3) is 0 Å². The summed E-state index contributed by atoms with van der Waals surface area (Å²) < 4.78 is 18.6. The molecular formula is C47H83NO6. The van der Waals surface area contributed by atoms with Crippen molar-refractivity contribution in [3.8, 4) is 0 Å². The van der Waals surface area contributed by atoms with Crippen LogP contribution in [0.2, 0.25) is 0 Å². The number of fused-ring (bicyclic) bond motifs is 5. The summed E-state index contributed by atoms with van der Waals surface area (Å²) in [6, 6.07) is 0. The second kappa shape index (κ2) is 24.5. The van der Waals surface area contributed by atoms with E-state index in [9.17, 15) is 14.7 Å². The van der Waals surface area contributed by atoms with Crippen LogP contribution in [0.1, 0.15) is 195 Å². The number of aliphatic hydroxyl groups is 1. The zero-order valence-corrected chi connectivity index (χ0v) is 35.5. The number of ether oxygens (including phenoxy) is 3. The Morgan fingerprint density at radius 3 is 2.07 bits per heavy atom. The third kappa shape index (κ3) is 13.7. The second-order valence-electron chi connectivity index (χ2n) is 18.3. The predicted octanol–water partition coefficient (Wildman–Crippen LogP) is 11.1. The molecule has 7 heteroatoms. The Kier molecular flexibility index (Phi) is 20.6. The van der Waals surface area contributed by atoms with Gasteiger partial charge in [0.15, 0.2) is 6.29 Å². The van der Waals surface area contributed by atoms with E-state index >= 15 is 0 Å². The van der Waals surface area contributed by atoms with E-state index in [1.54, 1.807) is 0 Å². The van der Waals surface area contributed by atoms with Crippen molar-refractivity contribution in [2.75, 3.05) is 39.5 Å². The van der Waals surface area contributed by atoms with Gasteiger partial charge in [-0.15, -0.1) is 0 Å².